The van der Waals surface area contributed by atoms with Crippen molar-refractivity contribution in [1.82, 2.24) is 4.72 Å². The van der Waals surface area contributed by atoms with Crippen LogP contribution < -0.4 is 9.62 Å². The number of esters is 1. The Morgan fingerprint density at radius 2 is 1.44 bits per heavy atom. The first kappa shape index (κ1) is 26.3. The number of rotatable bonds is 11. The highest BCUT2D eigenvalue weighted by atomic mass is 32.2. The maximum Gasteiger partial charge on any atom is 0.329 e. The summed E-state index contributed by atoms with van der Waals surface area (Å²) in [5, 5.41) is 0. The summed E-state index contributed by atoms with van der Waals surface area (Å²) in [6, 6.07) is 30.2. The van der Waals surface area contributed by atoms with Crippen LogP contribution >= 0.6 is 0 Å². The first-order chi connectivity index (χ1) is 19.2. The van der Waals surface area contributed by atoms with E-state index in [1.807, 2.05) is 60.7 Å². The van der Waals surface area contributed by atoms with Gasteiger partial charge in [0.15, 0.2) is 0 Å². The summed E-state index contributed by atoms with van der Waals surface area (Å²) in [6.45, 7) is 1.13. The molecule has 7 nitrogen and oxygen atoms in total. The van der Waals surface area contributed by atoms with E-state index >= 15 is 0 Å². The Balaban J connectivity index is 1.63. The number of nitrogens with one attached hydrogen (secondary N) is 1. The van der Waals surface area contributed by atoms with Crippen molar-refractivity contribution in [2.45, 2.75) is 30.9 Å². The van der Waals surface area contributed by atoms with Crippen LogP contribution in [0, 0.1) is 6.92 Å². The summed E-state index contributed by atoms with van der Waals surface area (Å²) in [5.74, 6) is -1.25. The van der Waals surface area contributed by atoms with Gasteiger partial charge in [0.2, 0.25) is 15.9 Å². The number of carbonyl (C=O) groups is 2. The molecule has 0 radical (unpaired) electrons. The molecule has 39 heavy (non-hydrogen) atoms. The Labute approximate surface area is 230 Å². The van der Waals surface area contributed by atoms with Gasteiger partial charge in [0, 0.05) is 12.1 Å². The first-order valence-corrected chi connectivity index (χ1v) is 13.9. The van der Waals surface area contributed by atoms with Crippen molar-refractivity contribution in [1.29, 1.82) is 0 Å². The molecule has 4 rings (SSSR count). The molecule has 200 valence electrons. The van der Waals surface area contributed by atoms with Crippen LogP contribution in [0.4, 0.5) is 5.69 Å². The lowest BCUT2D eigenvalue weighted by molar-refractivity contribution is -0.147. The standard InChI is InChI=1S/C31H30N2O5S/c1-24-17-19-28(20-18-24)39(36,37)32-22-30(34)33(27-15-9-4-10-16-27)29(21-25-11-5-2-6-12-25)31(35)38-23-26-13-7-3-8-14-26/h2-20,29,32H,21-23H2,1H3/t29-/m0/s1/i17D. The van der Waals surface area contributed by atoms with E-state index in [2.05, 4.69) is 4.72 Å². The van der Waals surface area contributed by atoms with Gasteiger partial charge in [-0.25, -0.2) is 17.9 Å². The van der Waals surface area contributed by atoms with Gasteiger partial charge in [-0.05, 0) is 42.3 Å². The van der Waals surface area contributed by atoms with Crippen LogP contribution in [-0.2, 0) is 37.4 Å². The lowest BCUT2D eigenvalue weighted by atomic mass is 10.0. The van der Waals surface area contributed by atoms with Gasteiger partial charge in [-0.2, -0.15) is 0 Å². The molecule has 0 saturated heterocycles. The van der Waals surface area contributed by atoms with Gasteiger partial charge in [-0.1, -0.05) is 96.5 Å². The van der Waals surface area contributed by atoms with Crippen LogP contribution in [0.15, 0.2) is 120 Å². The number of nitrogens with zero attached hydrogens (tertiary/aromatic N) is 1. The summed E-state index contributed by atoms with van der Waals surface area (Å²) in [6.07, 6.45) is 0.155. The number of hydrogen-bond donors (Lipinski definition) is 1. The summed E-state index contributed by atoms with van der Waals surface area (Å²) in [5.41, 5.74) is 2.66. The van der Waals surface area contributed by atoms with Gasteiger partial charge in [0.25, 0.3) is 0 Å². The molecule has 8 heteroatoms. The number of aryl methyl sites for hydroxylation is 1. The van der Waals surface area contributed by atoms with E-state index in [1.165, 1.54) is 23.1 Å². The second kappa shape index (κ2) is 13.0. The van der Waals surface area contributed by atoms with E-state index in [4.69, 9.17) is 6.11 Å². The van der Waals surface area contributed by atoms with E-state index in [0.29, 0.717) is 11.3 Å². The molecular formula is C31H30N2O5S. The maximum absolute atomic E-state index is 13.7. The van der Waals surface area contributed by atoms with Crippen molar-refractivity contribution in [3.05, 3.63) is 132 Å². The third kappa shape index (κ3) is 7.63. The third-order valence-corrected chi connectivity index (χ3v) is 7.44. The number of anilines is 1. The van der Waals surface area contributed by atoms with E-state index in [-0.39, 0.29) is 24.0 Å². The maximum atomic E-state index is 13.7. The largest absolute Gasteiger partial charge is 0.459 e. The molecular weight excluding hydrogens is 512 g/mol. The van der Waals surface area contributed by atoms with Crippen molar-refractivity contribution in [3.8, 4) is 0 Å². The number of benzene rings is 4. The van der Waals surface area contributed by atoms with Gasteiger partial charge >= 0.3 is 5.97 Å². The molecule has 0 aliphatic heterocycles. The van der Waals surface area contributed by atoms with Gasteiger partial charge in [-0.15, -0.1) is 0 Å². The average molecular weight is 544 g/mol. The van der Waals surface area contributed by atoms with Crippen LogP contribution in [0.1, 0.15) is 18.1 Å². The Bertz CT molecular complexity index is 1550. The zero-order valence-electron chi connectivity index (χ0n) is 22.5. The molecule has 0 aliphatic rings. The first-order valence-electron chi connectivity index (χ1n) is 12.9. The van der Waals surface area contributed by atoms with E-state index in [9.17, 15) is 18.0 Å². The van der Waals surface area contributed by atoms with E-state index < -0.39 is 34.5 Å². The molecule has 0 spiro atoms. The van der Waals surface area contributed by atoms with Crippen LogP contribution in [0.25, 0.3) is 0 Å². The van der Waals surface area contributed by atoms with Crippen LogP contribution in [0.2, 0.25) is 0 Å². The minimum atomic E-state index is -4.10. The number of para-hydroxylation sites is 1. The zero-order chi connectivity index (χ0) is 28.5. The second-order valence-electron chi connectivity index (χ2n) is 8.93. The molecule has 0 unspecified atom stereocenters. The molecule has 4 aromatic carbocycles. The molecule has 1 amide bonds. The van der Waals surface area contributed by atoms with Crippen LogP contribution in [0.3, 0.4) is 0 Å². The van der Waals surface area contributed by atoms with Gasteiger partial charge in [-0.3, -0.25) is 9.69 Å². The Kier molecular flexibility index (Phi) is 8.78. The Morgan fingerprint density at radius 3 is 2.05 bits per heavy atom. The minimum absolute atomic E-state index is 0.0251. The smallest absolute Gasteiger partial charge is 0.329 e. The summed E-state index contributed by atoms with van der Waals surface area (Å²) in [7, 11) is -4.10. The fourth-order valence-electron chi connectivity index (χ4n) is 4.01. The normalized spacial score (nSPS) is 12.3. The SMILES string of the molecule is [2H]c1cc(S(=O)(=O)NCC(=O)N(c2ccccc2)[C@@H](Cc2ccccc2)C(=O)OCc2ccccc2)ccc1C. The monoisotopic (exact) mass is 543 g/mol. The zero-order valence-corrected chi connectivity index (χ0v) is 22.3. The van der Waals surface area contributed by atoms with Crippen molar-refractivity contribution in [2.24, 2.45) is 0 Å². The summed E-state index contributed by atoms with van der Waals surface area (Å²) in [4.78, 5) is 28.4. The number of hydrogen-bond acceptors (Lipinski definition) is 5. The minimum Gasteiger partial charge on any atom is -0.459 e. The fourth-order valence-corrected chi connectivity index (χ4v) is 4.95. The summed E-state index contributed by atoms with van der Waals surface area (Å²) >= 11 is 0. The van der Waals surface area contributed by atoms with Crippen molar-refractivity contribution in [2.75, 3.05) is 11.4 Å². The van der Waals surface area contributed by atoms with Crippen LogP contribution in [-0.4, -0.2) is 32.9 Å². The van der Waals surface area contributed by atoms with Crippen molar-refractivity contribution < 1.29 is 24.1 Å². The van der Waals surface area contributed by atoms with E-state index in [1.54, 1.807) is 37.3 Å². The predicted octanol–water partition coefficient (Wildman–Crippen LogP) is 4.66. The quantitative estimate of drug-likeness (QED) is 0.278. The Hall–Kier alpha value is -4.27. The molecule has 0 aliphatic carbocycles. The molecule has 0 fully saturated rings. The Morgan fingerprint density at radius 1 is 0.846 bits per heavy atom. The average Bonchev–Trinajstić information content (AvgIpc) is 2.97. The molecule has 1 N–H and O–H groups in total. The van der Waals surface area contributed by atoms with Gasteiger partial charge < -0.3 is 4.74 Å². The predicted molar refractivity (Wildman–Crippen MR) is 150 cm³/mol. The lowest BCUT2D eigenvalue weighted by Crippen LogP contribution is -2.50. The molecule has 0 aromatic heterocycles. The van der Waals surface area contributed by atoms with Crippen molar-refractivity contribution >= 4 is 27.6 Å². The number of sulfonamides is 1. The van der Waals surface area contributed by atoms with Crippen molar-refractivity contribution in [3.63, 3.8) is 0 Å². The van der Waals surface area contributed by atoms with Gasteiger partial charge in [0.1, 0.15) is 12.6 Å². The van der Waals surface area contributed by atoms with Crippen LogP contribution in [0.5, 0.6) is 0 Å². The molecule has 0 bridgehead atoms. The third-order valence-electron chi connectivity index (χ3n) is 6.05. The number of amides is 1. The fraction of sp³-hybridized carbons (Fsp3) is 0.161. The van der Waals surface area contributed by atoms with E-state index in [0.717, 1.165) is 11.1 Å². The molecule has 0 saturated carbocycles. The summed E-state index contributed by atoms with van der Waals surface area (Å²) < 4.78 is 41.8. The lowest BCUT2D eigenvalue weighted by Gasteiger charge is -2.31. The number of ether oxygens (including phenoxy) is 1. The topological polar surface area (TPSA) is 92.8 Å². The molecule has 0 heterocycles. The highest BCUT2D eigenvalue weighted by Gasteiger charge is 2.33. The molecule has 1 atom stereocenters. The highest BCUT2D eigenvalue weighted by Crippen LogP contribution is 2.22. The van der Waals surface area contributed by atoms with Gasteiger partial charge in [0.05, 0.1) is 12.8 Å². The number of carbonyl (C=O) groups excluding carboxylic acids is 2. The molecule has 4 aromatic rings. The second-order valence-corrected chi connectivity index (χ2v) is 10.7. The highest BCUT2D eigenvalue weighted by molar-refractivity contribution is 7.89.